The minimum absolute atomic E-state index is 0.141. The van der Waals surface area contributed by atoms with Crippen molar-refractivity contribution in [3.63, 3.8) is 0 Å². The van der Waals surface area contributed by atoms with Gasteiger partial charge in [-0.3, -0.25) is 9.59 Å². The summed E-state index contributed by atoms with van der Waals surface area (Å²) >= 11 is 0. The van der Waals surface area contributed by atoms with Crippen molar-refractivity contribution < 1.29 is 9.59 Å². The molecule has 0 spiro atoms. The average Bonchev–Trinajstić information content (AvgIpc) is 2.35. The molecular weight excluding hydrogens is 244 g/mol. The second-order valence-electron chi connectivity index (χ2n) is 4.99. The molecule has 0 fully saturated rings. The van der Waals surface area contributed by atoms with Crippen molar-refractivity contribution in [2.24, 2.45) is 5.41 Å². The van der Waals surface area contributed by atoms with Crippen LogP contribution in [0.5, 0.6) is 0 Å². The van der Waals surface area contributed by atoms with Gasteiger partial charge in [0.2, 0.25) is 5.91 Å². The molecular formula is C13H20N4O2. The first-order valence-electron chi connectivity index (χ1n) is 5.93. The number of hydrogen-bond donors (Lipinski definition) is 4. The van der Waals surface area contributed by atoms with Gasteiger partial charge in [-0.25, -0.2) is 0 Å². The lowest BCUT2D eigenvalue weighted by atomic mass is 9.92. The molecule has 104 valence electrons. The fraction of sp³-hybridized carbons (Fsp3) is 0.385. The van der Waals surface area contributed by atoms with Crippen LogP contribution in [0, 0.1) is 5.41 Å². The van der Waals surface area contributed by atoms with Gasteiger partial charge in [-0.15, -0.1) is 0 Å². The Labute approximate surface area is 112 Å². The van der Waals surface area contributed by atoms with E-state index in [1.807, 2.05) is 0 Å². The van der Waals surface area contributed by atoms with E-state index in [0.717, 1.165) is 0 Å². The fourth-order valence-corrected chi connectivity index (χ4v) is 1.60. The predicted molar refractivity (Wildman–Crippen MR) is 75.4 cm³/mol. The quantitative estimate of drug-likeness (QED) is 0.588. The van der Waals surface area contributed by atoms with Crippen molar-refractivity contribution >= 4 is 23.2 Å². The molecule has 6 nitrogen and oxygen atoms in total. The van der Waals surface area contributed by atoms with Crippen molar-refractivity contribution in [2.75, 3.05) is 25.1 Å². The second-order valence-corrected chi connectivity index (χ2v) is 4.99. The maximum Gasteiger partial charge on any atom is 0.253 e. The predicted octanol–water partition coefficient (Wildman–Crippen LogP) is 0.353. The van der Waals surface area contributed by atoms with Crippen molar-refractivity contribution in [3.8, 4) is 0 Å². The van der Waals surface area contributed by atoms with Crippen molar-refractivity contribution in [1.29, 1.82) is 0 Å². The molecule has 0 aromatic heterocycles. The largest absolute Gasteiger partial charge is 0.399 e. The topological polar surface area (TPSA) is 110 Å². The van der Waals surface area contributed by atoms with Crippen molar-refractivity contribution in [3.05, 3.63) is 23.8 Å². The zero-order valence-electron chi connectivity index (χ0n) is 11.4. The lowest BCUT2D eigenvalue weighted by molar-refractivity contribution is -0.128. The highest BCUT2D eigenvalue weighted by molar-refractivity contribution is 6.00. The van der Waals surface area contributed by atoms with Gasteiger partial charge in [0, 0.05) is 25.0 Å². The second kappa shape index (κ2) is 5.60. The van der Waals surface area contributed by atoms with E-state index < -0.39 is 5.41 Å². The maximum absolute atomic E-state index is 12.0. The van der Waals surface area contributed by atoms with Gasteiger partial charge in [-0.1, -0.05) is 0 Å². The van der Waals surface area contributed by atoms with Crippen LogP contribution < -0.4 is 22.1 Å². The number of anilines is 2. The summed E-state index contributed by atoms with van der Waals surface area (Å²) in [4.78, 5) is 23.6. The monoisotopic (exact) mass is 264 g/mol. The summed E-state index contributed by atoms with van der Waals surface area (Å²) in [6.45, 7) is 3.71. The molecule has 19 heavy (non-hydrogen) atoms. The normalized spacial score (nSPS) is 10.9. The number of rotatable bonds is 4. The first kappa shape index (κ1) is 14.8. The van der Waals surface area contributed by atoms with Gasteiger partial charge in [0.05, 0.1) is 11.0 Å². The zero-order valence-corrected chi connectivity index (χ0v) is 11.4. The molecule has 0 aliphatic rings. The lowest BCUT2D eigenvalue weighted by Crippen LogP contribution is -2.43. The molecule has 0 heterocycles. The van der Waals surface area contributed by atoms with E-state index in [9.17, 15) is 9.59 Å². The summed E-state index contributed by atoms with van der Waals surface area (Å²) in [7, 11) is 1.56. The summed E-state index contributed by atoms with van der Waals surface area (Å²) in [6, 6.07) is 4.70. The zero-order chi connectivity index (χ0) is 14.6. The van der Waals surface area contributed by atoms with E-state index in [0.29, 0.717) is 16.9 Å². The van der Waals surface area contributed by atoms with Crippen LogP contribution in [0.4, 0.5) is 11.4 Å². The van der Waals surface area contributed by atoms with Crippen LogP contribution >= 0.6 is 0 Å². The Hall–Kier alpha value is -2.24. The highest BCUT2D eigenvalue weighted by Gasteiger charge is 2.27. The number of carbonyl (C=O) groups excluding carboxylic acids is 2. The highest BCUT2D eigenvalue weighted by Crippen LogP contribution is 2.17. The van der Waals surface area contributed by atoms with Gasteiger partial charge in [-0.05, 0) is 32.0 Å². The molecule has 1 aromatic carbocycles. The summed E-state index contributed by atoms with van der Waals surface area (Å²) in [5, 5.41) is 5.25. The third kappa shape index (κ3) is 3.61. The first-order valence-corrected chi connectivity index (χ1v) is 5.93. The van der Waals surface area contributed by atoms with Crippen molar-refractivity contribution in [1.82, 2.24) is 10.6 Å². The molecule has 0 aliphatic heterocycles. The molecule has 0 radical (unpaired) electrons. The van der Waals surface area contributed by atoms with Gasteiger partial charge in [0.25, 0.3) is 5.91 Å². The smallest absolute Gasteiger partial charge is 0.253 e. The molecule has 6 heteroatoms. The third-order valence-electron chi connectivity index (χ3n) is 2.85. The van der Waals surface area contributed by atoms with Gasteiger partial charge in [0.15, 0.2) is 0 Å². The Morgan fingerprint density at radius 3 is 2.42 bits per heavy atom. The van der Waals surface area contributed by atoms with Crippen LogP contribution in [0.3, 0.4) is 0 Å². The maximum atomic E-state index is 12.0. The van der Waals surface area contributed by atoms with Gasteiger partial charge >= 0.3 is 0 Å². The number of carbonyl (C=O) groups is 2. The average molecular weight is 264 g/mol. The SMILES string of the molecule is CNC(=O)C(C)(C)CNC(=O)c1ccc(N)cc1N. The molecule has 1 rings (SSSR count). The van der Waals surface area contributed by atoms with E-state index >= 15 is 0 Å². The Bertz CT molecular complexity index is 497. The van der Waals surface area contributed by atoms with Crippen LogP contribution in [0.15, 0.2) is 18.2 Å². The summed E-state index contributed by atoms with van der Waals surface area (Å²) < 4.78 is 0. The van der Waals surface area contributed by atoms with Crippen LogP contribution in [0.2, 0.25) is 0 Å². The van der Waals surface area contributed by atoms with E-state index in [1.165, 1.54) is 6.07 Å². The van der Waals surface area contributed by atoms with E-state index in [-0.39, 0.29) is 18.4 Å². The molecule has 2 amide bonds. The minimum atomic E-state index is -0.688. The van der Waals surface area contributed by atoms with E-state index in [2.05, 4.69) is 10.6 Å². The molecule has 1 aromatic rings. The number of nitrogens with two attached hydrogens (primary N) is 2. The molecule has 0 saturated carbocycles. The fourth-order valence-electron chi connectivity index (χ4n) is 1.60. The Balaban J connectivity index is 2.73. The van der Waals surface area contributed by atoms with Crippen LogP contribution in [-0.2, 0) is 4.79 Å². The standard InChI is InChI=1S/C13H20N4O2/c1-13(2,12(19)16-3)7-17-11(18)9-5-4-8(14)6-10(9)15/h4-6H,7,14-15H2,1-3H3,(H,16,19)(H,17,18). The number of hydrogen-bond acceptors (Lipinski definition) is 4. The molecule has 0 atom stereocenters. The minimum Gasteiger partial charge on any atom is -0.399 e. The number of benzene rings is 1. The number of amides is 2. The number of nitrogens with one attached hydrogen (secondary N) is 2. The van der Waals surface area contributed by atoms with Crippen LogP contribution in [0.25, 0.3) is 0 Å². The third-order valence-corrected chi connectivity index (χ3v) is 2.85. The lowest BCUT2D eigenvalue weighted by Gasteiger charge is -2.23. The molecule has 0 unspecified atom stereocenters. The molecule has 0 saturated heterocycles. The summed E-state index contributed by atoms with van der Waals surface area (Å²) in [6.07, 6.45) is 0. The molecule has 0 aliphatic carbocycles. The van der Waals surface area contributed by atoms with Crippen molar-refractivity contribution in [2.45, 2.75) is 13.8 Å². The highest BCUT2D eigenvalue weighted by atomic mass is 16.2. The van der Waals surface area contributed by atoms with Crippen LogP contribution in [0.1, 0.15) is 24.2 Å². The Kier molecular flexibility index (Phi) is 4.37. The molecule has 6 N–H and O–H groups in total. The van der Waals surface area contributed by atoms with E-state index in [4.69, 9.17) is 11.5 Å². The summed E-state index contributed by atoms with van der Waals surface area (Å²) in [5.74, 6) is -0.465. The van der Waals surface area contributed by atoms with Gasteiger partial charge < -0.3 is 22.1 Å². The van der Waals surface area contributed by atoms with Gasteiger partial charge in [-0.2, -0.15) is 0 Å². The number of nitrogen functional groups attached to an aromatic ring is 2. The summed E-state index contributed by atoms with van der Waals surface area (Å²) in [5.41, 5.74) is 11.8. The van der Waals surface area contributed by atoms with Crippen LogP contribution in [-0.4, -0.2) is 25.4 Å². The Morgan fingerprint density at radius 2 is 1.89 bits per heavy atom. The first-order chi connectivity index (χ1) is 8.77. The Morgan fingerprint density at radius 1 is 1.26 bits per heavy atom. The van der Waals surface area contributed by atoms with Gasteiger partial charge in [0.1, 0.15) is 0 Å². The van der Waals surface area contributed by atoms with E-state index in [1.54, 1.807) is 33.0 Å². The molecule has 0 bridgehead atoms.